The smallest absolute Gasteiger partial charge is 0.344 e. The lowest BCUT2D eigenvalue weighted by molar-refractivity contribution is 0.0941. The number of nitrogens with zero attached hydrogens (tertiary/aromatic N) is 2. The summed E-state index contributed by atoms with van der Waals surface area (Å²) in [7, 11) is 0. The first kappa shape index (κ1) is 19.3. The molecule has 0 bridgehead atoms. The van der Waals surface area contributed by atoms with Gasteiger partial charge >= 0.3 is 11.3 Å². The molecule has 7 nitrogen and oxygen atoms in total. The molecule has 0 saturated carbocycles. The molecule has 1 aliphatic heterocycles. The van der Waals surface area contributed by atoms with Crippen LogP contribution in [0.3, 0.4) is 0 Å². The van der Waals surface area contributed by atoms with Gasteiger partial charge in [-0.3, -0.25) is 4.57 Å². The maximum Gasteiger partial charge on any atom is 0.344 e. The number of hydrogen-bond donors (Lipinski definition) is 1. The van der Waals surface area contributed by atoms with Crippen LogP contribution in [0.1, 0.15) is 30.9 Å². The molecule has 3 aromatic rings. The number of rotatable bonds is 6. The Labute approximate surface area is 170 Å². The first-order chi connectivity index (χ1) is 13.5. The van der Waals surface area contributed by atoms with Crippen LogP contribution < -0.4 is 11.3 Å². The molecule has 1 aromatic carbocycles. The average molecular weight is 422 g/mol. The molecule has 1 unspecified atom stereocenters. The van der Waals surface area contributed by atoms with Gasteiger partial charge in [-0.1, -0.05) is 30.3 Å². The number of aromatic nitrogens is 3. The Morgan fingerprint density at radius 1 is 1.32 bits per heavy atom. The molecule has 4 rings (SSSR count). The molecule has 0 radical (unpaired) electrons. The van der Waals surface area contributed by atoms with E-state index in [9.17, 15) is 9.59 Å². The van der Waals surface area contributed by atoms with Crippen molar-refractivity contribution >= 4 is 34.3 Å². The molecule has 0 amide bonds. The van der Waals surface area contributed by atoms with Crippen LogP contribution in [0.15, 0.2) is 37.4 Å². The lowest BCUT2D eigenvalue weighted by atomic mass is 10.1. The highest BCUT2D eigenvalue weighted by Crippen LogP contribution is 2.29. The van der Waals surface area contributed by atoms with Crippen molar-refractivity contribution in [3.8, 4) is 0 Å². The summed E-state index contributed by atoms with van der Waals surface area (Å²) in [5, 5.41) is 8.63. The number of hydrogen-bond acceptors (Lipinski definition) is 6. The van der Waals surface area contributed by atoms with Gasteiger partial charge in [0.1, 0.15) is 5.58 Å². The molecule has 9 heteroatoms. The van der Waals surface area contributed by atoms with Crippen LogP contribution in [0.2, 0.25) is 5.02 Å². The maximum absolute atomic E-state index is 12.1. The standard InChI is InChI=1S/C19H20ClN3O4S/c1-2-11-6-16-14(8-15(11)20)12(7-17(24)27-16)10-28-19-22-21-18(25)23(19)9-13-4-3-5-26-13/h6-8,13H,2-5,9-10H2,1H3,(H,21,25). The third-order valence-electron chi connectivity index (χ3n) is 4.87. The maximum atomic E-state index is 12.1. The number of benzene rings is 1. The van der Waals surface area contributed by atoms with E-state index in [1.54, 1.807) is 4.57 Å². The van der Waals surface area contributed by atoms with Gasteiger partial charge in [-0.05, 0) is 42.5 Å². The molecular weight excluding hydrogens is 402 g/mol. The van der Waals surface area contributed by atoms with E-state index in [1.165, 1.54) is 17.8 Å². The SMILES string of the molecule is CCc1cc2oc(=O)cc(CSc3n[nH]c(=O)n3CC3CCCO3)c2cc1Cl. The quantitative estimate of drug-likeness (QED) is 0.484. The first-order valence-corrected chi connectivity index (χ1v) is 10.6. The monoisotopic (exact) mass is 421 g/mol. The largest absolute Gasteiger partial charge is 0.423 e. The van der Waals surface area contributed by atoms with E-state index in [4.69, 9.17) is 20.8 Å². The fourth-order valence-corrected chi connectivity index (χ4v) is 4.63. The second-order valence-electron chi connectivity index (χ2n) is 6.73. The molecule has 3 heterocycles. The van der Waals surface area contributed by atoms with Crippen LogP contribution in [-0.2, 0) is 23.5 Å². The lowest BCUT2D eigenvalue weighted by Gasteiger charge is -2.11. The Morgan fingerprint density at radius 2 is 2.18 bits per heavy atom. The molecule has 0 aliphatic carbocycles. The van der Waals surface area contributed by atoms with Crippen LogP contribution in [0.4, 0.5) is 0 Å². The second-order valence-corrected chi connectivity index (χ2v) is 8.08. The summed E-state index contributed by atoms with van der Waals surface area (Å²) in [4.78, 5) is 24.1. The van der Waals surface area contributed by atoms with Crippen molar-refractivity contribution in [1.29, 1.82) is 0 Å². The first-order valence-electron chi connectivity index (χ1n) is 9.20. The van der Waals surface area contributed by atoms with Crippen molar-refractivity contribution < 1.29 is 9.15 Å². The van der Waals surface area contributed by atoms with Gasteiger partial charge in [0.15, 0.2) is 5.16 Å². The van der Waals surface area contributed by atoms with E-state index >= 15 is 0 Å². The van der Waals surface area contributed by atoms with E-state index in [0.29, 0.717) is 28.1 Å². The van der Waals surface area contributed by atoms with Crippen molar-refractivity contribution in [3.05, 3.63) is 55.3 Å². The molecule has 148 valence electrons. The highest BCUT2D eigenvalue weighted by molar-refractivity contribution is 7.98. The molecule has 1 saturated heterocycles. The Bertz CT molecular complexity index is 1110. The number of ether oxygens (including phenoxy) is 1. The molecule has 2 aromatic heterocycles. The van der Waals surface area contributed by atoms with Crippen molar-refractivity contribution in [2.45, 2.75) is 49.7 Å². The second kappa shape index (κ2) is 8.14. The van der Waals surface area contributed by atoms with Gasteiger partial charge in [0, 0.05) is 28.8 Å². The van der Waals surface area contributed by atoms with Crippen molar-refractivity contribution in [2.24, 2.45) is 0 Å². The van der Waals surface area contributed by atoms with E-state index in [0.717, 1.165) is 42.4 Å². The number of H-pyrrole nitrogens is 1. The minimum Gasteiger partial charge on any atom is -0.423 e. The Balaban J connectivity index is 1.62. The van der Waals surface area contributed by atoms with Gasteiger partial charge in [0.25, 0.3) is 0 Å². The zero-order valence-corrected chi connectivity index (χ0v) is 16.9. The third kappa shape index (κ3) is 3.90. The fraction of sp³-hybridized carbons (Fsp3) is 0.421. The molecule has 28 heavy (non-hydrogen) atoms. The van der Waals surface area contributed by atoms with Gasteiger partial charge in [0.05, 0.1) is 12.6 Å². The summed E-state index contributed by atoms with van der Waals surface area (Å²) in [6, 6.07) is 5.11. The van der Waals surface area contributed by atoms with Crippen LogP contribution in [0.25, 0.3) is 11.0 Å². The van der Waals surface area contributed by atoms with E-state index in [-0.39, 0.29) is 11.8 Å². The van der Waals surface area contributed by atoms with E-state index < -0.39 is 5.63 Å². The third-order valence-corrected chi connectivity index (χ3v) is 6.25. The highest BCUT2D eigenvalue weighted by atomic mass is 35.5. The van der Waals surface area contributed by atoms with Gasteiger partial charge in [-0.15, -0.1) is 5.10 Å². The van der Waals surface area contributed by atoms with Crippen LogP contribution in [-0.4, -0.2) is 27.5 Å². The highest BCUT2D eigenvalue weighted by Gasteiger charge is 2.20. The Morgan fingerprint density at radius 3 is 2.93 bits per heavy atom. The van der Waals surface area contributed by atoms with Crippen LogP contribution in [0, 0.1) is 0 Å². The molecule has 1 aliphatic rings. The summed E-state index contributed by atoms with van der Waals surface area (Å²) in [5.41, 5.74) is 1.57. The van der Waals surface area contributed by atoms with E-state index in [1.807, 2.05) is 19.1 Å². The minimum absolute atomic E-state index is 0.0329. The fourth-order valence-electron chi connectivity index (χ4n) is 3.39. The van der Waals surface area contributed by atoms with Crippen LogP contribution in [0.5, 0.6) is 0 Å². The number of aromatic amines is 1. The molecular formula is C19H20ClN3O4S. The van der Waals surface area contributed by atoms with Crippen molar-refractivity contribution in [1.82, 2.24) is 14.8 Å². The summed E-state index contributed by atoms with van der Waals surface area (Å²) < 4.78 is 12.6. The zero-order valence-electron chi connectivity index (χ0n) is 15.4. The van der Waals surface area contributed by atoms with Gasteiger partial charge < -0.3 is 9.15 Å². The van der Waals surface area contributed by atoms with Crippen molar-refractivity contribution in [2.75, 3.05) is 6.61 Å². The minimum atomic E-state index is -0.411. The summed E-state index contributed by atoms with van der Waals surface area (Å²) in [6.45, 7) is 3.20. The number of halogens is 1. The zero-order chi connectivity index (χ0) is 19.7. The predicted octanol–water partition coefficient (Wildman–Crippen LogP) is 3.36. The number of nitrogens with one attached hydrogen (secondary N) is 1. The van der Waals surface area contributed by atoms with Gasteiger partial charge in [-0.25, -0.2) is 14.7 Å². The Kier molecular flexibility index (Phi) is 5.61. The Hall–Kier alpha value is -2.03. The van der Waals surface area contributed by atoms with Gasteiger partial charge in [0.2, 0.25) is 0 Å². The van der Waals surface area contributed by atoms with Gasteiger partial charge in [-0.2, -0.15) is 0 Å². The number of aryl methyl sites for hydroxylation is 1. The molecule has 0 spiro atoms. The van der Waals surface area contributed by atoms with E-state index in [2.05, 4.69) is 10.2 Å². The predicted molar refractivity (Wildman–Crippen MR) is 108 cm³/mol. The normalized spacial score (nSPS) is 16.9. The number of fused-ring (bicyclic) bond motifs is 1. The molecule has 1 N–H and O–H groups in total. The molecule has 1 atom stereocenters. The van der Waals surface area contributed by atoms with Crippen LogP contribution >= 0.6 is 23.4 Å². The summed E-state index contributed by atoms with van der Waals surface area (Å²) in [6.07, 6.45) is 2.72. The topological polar surface area (TPSA) is 90.1 Å². The summed E-state index contributed by atoms with van der Waals surface area (Å²) in [5.74, 6) is 0.458. The molecule has 1 fully saturated rings. The number of thioether (sulfide) groups is 1. The van der Waals surface area contributed by atoms with Crippen molar-refractivity contribution in [3.63, 3.8) is 0 Å². The summed E-state index contributed by atoms with van der Waals surface area (Å²) >= 11 is 7.74. The average Bonchev–Trinajstić information content (AvgIpc) is 3.31. The lowest BCUT2D eigenvalue weighted by Crippen LogP contribution is -2.24.